The fourth-order valence-electron chi connectivity index (χ4n) is 3.34. The van der Waals surface area contributed by atoms with Crippen LogP contribution in [0.15, 0.2) is 30.5 Å². The summed E-state index contributed by atoms with van der Waals surface area (Å²) in [5.74, 6) is 0.0836. The van der Waals surface area contributed by atoms with Crippen LogP contribution in [0.4, 0.5) is 0 Å². The highest BCUT2D eigenvalue weighted by atomic mass is 32.2. The molecule has 1 aromatic heterocycles. The van der Waals surface area contributed by atoms with Crippen molar-refractivity contribution in [2.45, 2.75) is 31.7 Å². The van der Waals surface area contributed by atoms with Gasteiger partial charge >= 0.3 is 0 Å². The molecule has 1 fully saturated rings. The number of fused-ring (bicyclic) bond motifs is 1. The van der Waals surface area contributed by atoms with E-state index < -0.39 is 10.0 Å². The van der Waals surface area contributed by atoms with Crippen molar-refractivity contribution >= 4 is 26.8 Å². The zero-order chi connectivity index (χ0) is 17.2. The van der Waals surface area contributed by atoms with Gasteiger partial charge in [-0.2, -0.15) is 0 Å². The minimum absolute atomic E-state index is 0.0836. The number of para-hydroxylation sites is 1. The lowest BCUT2D eigenvalue weighted by molar-refractivity contribution is -0.132. The molecular weight excluding hydrogens is 326 g/mol. The van der Waals surface area contributed by atoms with Gasteiger partial charge in [0.05, 0.1) is 6.26 Å². The van der Waals surface area contributed by atoms with Crippen LogP contribution in [0.2, 0.25) is 0 Å². The lowest BCUT2D eigenvalue weighted by Crippen LogP contribution is -2.49. The number of benzene rings is 1. The van der Waals surface area contributed by atoms with E-state index in [2.05, 4.69) is 15.8 Å². The second-order valence-electron chi connectivity index (χ2n) is 6.43. The number of carbonyl (C=O) groups excluding carboxylic acids is 1. The van der Waals surface area contributed by atoms with Gasteiger partial charge in [-0.25, -0.2) is 13.1 Å². The molecule has 7 heteroatoms. The van der Waals surface area contributed by atoms with Gasteiger partial charge < -0.3 is 9.88 Å². The second-order valence-corrected chi connectivity index (χ2v) is 8.21. The molecule has 0 bridgehead atoms. The molecule has 0 saturated carbocycles. The van der Waals surface area contributed by atoms with Crippen molar-refractivity contribution in [1.82, 2.24) is 14.6 Å². The van der Waals surface area contributed by atoms with Crippen LogP contribution in [-0.2, 0) is 21.2 Å². The molecule has 2 heterocycles. The predicted octanol–water partition coefficient (Wildman–Crippen LogP) is 1.64. The van der Waals surface area contributed by atoms with Crippen LogP contribution < -0.4 is 4.72 Å². The first kappa shape index (κ1) is 17.0. The summed E-state index contributed by atoms with van der Waals surface area (Å²) in [6.07, 6.45) is 5.84. The van der Waals surface area contributed by atoms with Crippen LogP contribution in [0.3, 0.4) is 0 Å². The van der Waals surface area contributed by atoms with E-state index in [1.54, 1.807) is 4.90 Å². The molecule has 24 heavy (non-hydrogen) atoms. The Bertz CT molecular complexity index is 828. The number of hydrogen-bond acceptors (Lipinski definition) is 3. The molecule has 0 aliphatic carbocycles. The Morgan fingerprint density at radius 2 is 2.17 bits per heavy atom. The molecule has 1 aromatic carbocycles. The number of aromatic amines is 1. The number of piperidine rings is 1. The topological polar surface area (TPSA) is 82.3 Å². The molecule has 0 radical (unpaired) electrons. The largest absolute Gasteiger partial charge is 0.361 e. The van der Waals surface area contributed by atoms with E-state index in [1.165, 1.54) is 0 Å². The number of amides is 1. The molecule has 1 aliphatic rings. The number of nitrogens with zero attached hydrogens (tertiary/aromatic N) is 1. The third kappa shape index (κ3) is 4.15. The number of sulfonamides is 1. The highest BCUT2D eigenvalue weighted by molar-refractivity contribution is 7.88. The molecular formula is C17H23N3O3S. The van der Waals surface area contributed by atoms with Gasteiger partial charge in [0.25, 0.3) is 0 Å². The van der Waals surface area contributed by atoms with E-state index in [0.29, 0.717) is 25.9 Å². The number of aryl methyl sites for hydroxylation is 1. The minimum atomic E-state index is -3.24. The summed E-state index contributed by atoms with van der Waals surface area (Å²) < 4.78 is 25.3. The summed E-state index contributed by atoms with van der Waals surface area (Å²) in [5.41, 5.74) is 2.22. The van der Waals surface area contributed by atoms with Crippen LogP contribution in [-0.4, -0.2) is 49.6 Å². The molecule has 1 unspecified atom stereocenters. The van der Waals surface area contributed by atoms with Gasteiger partial charge in [-0.15, -0.1) is 0 Å². The number of rotatable bonds is 5. The molecule has 1 saturated heterocycles. The third-order valence-corrected chi connectivity index (χ3v) is 5.20. The maximum Gasteiger partial charge on any atom is 0.222 e. The number of likely N-dealkylation sites (tertiary alicyclic amines) is 1. The van der Waals surface area contributed by atoms with Gasteiger partial charge in [0.15, 0.2) is 0 Å². The highest BCUT2D eigenvalue weighted by Crippen LogP contribution is 2.20. The zero-order valence-corrected chi connectivity index (χ0v) is 14.6. The number of carbonyl (C=O) groups is 1. The van der Waals surface area contributed by atoms with Gasteiger partial charge in [0, 0.05) is 42.7 Å². The molecule has 1 amide bonds. The Hall–Kier alpha value is -1.86. The molecule has 6 nitrogen and oxygen atoms in total. The van der Waals surface area contributed by atoms with Crippen LogP contribution in [0.5, 0.6) is 0 Å². The SMILES string of the molecule is CS(=O)(=O)NC1CCCN(C(=O)CCc2c[nH]c3ccccc23)C1. The van der Waals surface area contributed by atoms with Gasteiger partial charge in [0.2, 0.25) is 15.9 Å². The second kappa shape index (κ2) is 6.94. The molecule has 130 valence electrons. The molecule has 3 rings (SSSR count). The molecule has 1 atom stereocenters. The van der Waals surface area contributed by atoms with Crippen molar-refractivity contribution in [2.75, 3.05) is 19.3 Å². The fourth-order valence-corrected chi connectivity index (χ4v) is 4.14. The summed E-state index contributed by atoms with van der Waals surface area (Å²) in [6.45, 7) is 1.16. The number of H-pyrrole nitrogens is 1. The normalized spacial score (nSPS) is 18.9. The predicted molar refractivity (Wildman–Crippen MR) is 94.2 cm³/mol. The van der Waals surface area contributed by atoms with E-state index >= 15 is 0 Å². The minimum Gasteiger partial charge on any atom is -0.361 e. The molecule has 2 N–H and O–H groups in total. The van der Waals surface area contributed by atoms with Crippen molar-refractivity contribution in [3.8, 4) is 0 Å². The lowest BCUT2D eigenvalue weighted by atomic mass is 10.0. The maximum atomic E-state index is 12.5. The first-order valence-electron chi connectivity index (χ1n) is 8.22. The number of hydrogen-bond donors (Lipinski definition) is 2. The van der Waals surface area contributed by atoms with E-state index in [-0.39, 0.29) is 11.9 Å². The van der Waals surface area contributed by atoms with Crippen molar-refractivity contribution in [3.63, 3.8) is 0 Å². The van der Waals surface area contributed by atoms with E-state index in [9.17, 15) is 13.2 Å². The Morgan fingerprint density at radius 1 is 1.38 bits per heavy atom. The summed E-state index contributed by atoms with van der Waals surface area (Å²) in [5, 5.41) is 1.15. The summed E-state index contributed by atoms with van der Waals surface area (Å²) in [6, 6.07) is 7.88. The molecule has 1 aliphatic heterocycles. The Kier molecular flexibility index (Phi) is 4.91. The van der Waals surface area contributed by atoms with Gasteiger partial charge in [0.1, 0.15) is 0 Å². The zero-order valence-electron chi connectivity index (χ0n) is 13.8. The molecule has 2 aromatic rings. The van der Waals surface area contributed by atoms with Gasteiger partial charge in [-0.05, 0) is 30.9 Å². The van der Waals surface area contributed by atoms with Gasteiger partial charge in [-0.1, -0.05) is 18.2 Å². The highest BCUT2D eigenvalue weighted by Gasteiger charge is 2.25. The quantitative estimate of drug-likeness (QED) is 0.861. The first-order chi connectivity index (χ1) is 11.4. The van der Waals surface area contributed by atoms with E-state index in [4.69, 9.17) is 0 Å². The summed E-state index contributed by atoms with van der Waals surface area (Å²) in [4.78, 5) is 17.5. The average molecular weight is 349 g/mol. The van der Waals surface area contributed by atoms with Crippen LogP contribution in [0.25, 0.3) is 10.9 Å². The summed E-state index contributed by atoms with van der Waals surface area (Å²) >= 11 is 0. The van der Waals surface area contributed by atoms with Crippen LogP contribution >= 0.6 is 0 Å². The summed E-state index contributed by atoms with van der Waals surface area (Å²) in [7, 11) is -3.24. The fraction of sp³-hybridized carbons (Fsp3) is 0.471. The van der Waals surface area contributed by atoms with Crippen molar-refractivity contribution in [3.05, 3.63) is 36.0 Å². The average Bonchev–Trinajstić information content (AvgIpc) is 2.94. The monoisotopic (exact) mass is 349 g/mol. The Balaban J connectivity index is 1.58. The number of nitrogens with one attached hydrogen (secondary N) is 2. The standard InChI is InChI=1S/C17H23N3O3S/c1-24(22,23)19-14-5-4-10-20(12-14)17(21)9-8-13-11-18-16-7-3-2-6-15(13)16/h2-3,6-7,11,14,18-19H,4-5,8-10,12H2,1H3. The van der Waals surface area contributed by atoms with Crippen molar-refractivity contribution in [2.24, 2.45) is 0 Å². The lowest BCUT2D eigenvalue weighted by Gasteiger charge is -2.32. The van der Waals surface area contributed by atoms with Crippen molar-refractivity contribution < 1.29 is 13.2 Å². The Labute approximate surface area is 142 Å². The van der Waals surface area contributed by atoms with E-state index in [1.807, 2.05) is 24.4 Å². The Morgan fingerprint density at radius 3 is 2.96 bits per heavy atom. The molecule has 0 spiro atoms. The smallest absolute Gasteiger partial charge is 0.222 e. The van der Waals surface area contributed by atoms with Crippen molar-refractivity contribution in [1.29, 1.82) is 0 Å². The van der Waals surface area contributed by atoms with Crippen LogP contribution in [0, 0.1) is 0 Å². The van der Waals surface area contributed by atoms with Gasteiger partial charge in [-0.3, -0.25) is 4.79 Å². The first-order valence-corrected chi connectivity index (χ1v) is 10.1. The number of aromatic nitrogens is 1. The van der Waals surface area contributed by atoms with E-state index in [0.717, 1.165) is 35.6 Å². The van der Waals surface area contributed by atoms with Crippen LogP contribution in [0.1, 0.15) is 24.8 Å². The maximum absolute atomic E-state index is 12.5. The third-order valence-electron chi connectivity index (χ3n) is 4.44.